The number of likely N-dealkylation sites (N-methyl/N-ethyl adjacent to an activating group) is 1. The lowest BCUT2D eigenvalue weighted by Gasteiger charge is -2.33. The van der Waals surface area contributed by atoms with Gasteiger partial charge in [0, 0.05) is 13.1 Å². The lowest BCUT2D eigenvalue weighted by molar-refractivity contribution is -0.140. The molecule has 0 saturated heterocycles. The summed E-state index contributed by atoms with van der Waals surface area (Å²) in [5, 5.41) is 2.40. The molecular formula is C29H31ClF3N3O4S. The number of benzene rings is 3. The predicted octanol–water partition coefficient (Wildman–Crippen LogP) is 5.81. The van der Waals surface area contributed by atoms with Crippen LogP contribution in [0.25, 0.3) is 0 Å². The van der Waals surface area contributed by atoms with E-state index in [4.69, 9.17) is 11.6 Å². The van der Waals surface area contributed by atoms with E-state index in [1.54, 1.807) is 32.0 Å². The van der Waals surface area contributed by atoms with E-state index in [-0.39, 0.29) is 22.9 Å². The summed E-state index contributed by atoms with van der Waals surface area (Å²) in [6.45, 7) is 4.63. The molecule has 41 heavy (non-hydrogen) atoms. The van der Waals surface area contributed by atoms with Crippen molar-refractivity contribution in [2.45, 2.75) is 50.9 Å². The smallest absolute Gasteiger partial charge is 0.355 e. The van der Waals surface area contributed by atoms with Crippen LogP contribution in [0.1, 0.15) is 37.0 Å². The molecule has 1 atom stereocenters. The summed E-state index contributed by atoms with van der Waals surface area (Å²) in [6, 6.07) is 15.5. The van der Waals surface area contributed by atoms with Crippen molar-refractivity contribution in [1.29, 1.82) is 0 Å². The Morgan fingerprint density at radius 3 is 2.20 bits per heavy atom. The minimum atomic E-state index is -4.80. The van der Waals surface area contributed by atoms with Crippen LogP contribution in [0, 0.1) is 6.92 Å². The Balaban J connectivity index is 2.17. The van der Waals surface area contributed by atoms with Gasteiger partial charge in [0.15, 0.2) is 0 Å². The minimum absolute atomic E-state index is 0.0311. The van der Waals surface area contributed by atoms with Crippen LogP contribution in [-0.2, 0) is 32.3 Å². The number of carbonyl (C=O) groups excluding carboxylic acids is 2. The van der Waals surface area contributed by atoms with Crippen molar-refractivity contribution in [3.8, 4) is 0 Å². The predicted molar refractivity (Wildman–Crippen MR) is 152 cm³/mol. The molecule has 0 radical (unpaired) electrons. The molecule has 0 spiro atoms. The molecule has 0 aliphatic carbocycles. The van der Waals surface area contributed by atoms with Gasteiger partial charge in [0.05, 0.1) is 21.2 Å². The zero-order chi connectivity index (χ0) is 30.4. The number of sulfonamides is 1. The number of hydrogen-bond acceptors (Lipinski definition) is 4. The van der Waals surface area contributed by atoms with Crippen LogP contribution in [-0.4, -0.2) is 44.3 Å². The monoisotopic (exact) mass is 609 g/mol. The summed E-state index contributed by atoms with van der Waals surface area (Å²) in [6.07, 6.45) is -4.59. The van der Waals surface area contributed by atoms with E-state index in [1.807, 2.05) is 19.1 Å². The van der Waals surface area contributed by atoms with Gasteiger partial charge in [-0.05, 0) is 61.7 Å². The number of alkyl halides is 3. The van der Waals surface area contributed by atoms with Crippen molar-refractivity contribution in [3.05, 3.63) is 94.5 Å². The normalized spacial score (nSPS) is 12.5. The zero-order valence-corrected chi connectivity index (χ0v) is 24.4. The Morgan fingerprint density at radius 2 is 1.61 bits per heavy atom. The lowest BCUT2D eigenvalue weighted by Crippen LogP contribution is -2.52. The van der Waals surface area contributed by atoms with Crippen molar-refractivity contribution in [3.63, 3.8) is 0 Å². The second-order valence-corrected chi connectivity index (χ2v) is 11.5. The Bertz CT molecular complexity index is 1480. The van der Waals surface area contributed by atoms with Crippen LogP contribution in [0.3, 0.4) is 0 Å². The molecule has 0 heterocycles. The molecule has 3 aromatic carbocycles. The van der Waals surface area contributed by atoms with Gasteiger partial charge >= 0.3 is 6.18 Å². The van der Waals surface area contributed by atoms with Gasteiger partial charge in [-0.3, -0.25) is 13.9 Å². The van der Waals surface area contributed by atoms with Crippen LogP contribution >= 0.6 is 11.6 Å². The Hall–Kier alpha value is -3.57. The summed E-state index contributed by atoms with van der Waals surface area (Å²) >= 11 is 6.27. The fraction of sp³-hybridized carbons (Fsp3) is 0.310. The van der Waals surface area contributed by atoms with Gasteiger partial charge in [-0.2, -0.15) is 13.2 Å². The molecule has 0 saturated carbocycles. The number of hydrogen-bond donors (Lipinski definition) is 1. The highest BCUT2D eigenvalue weighted by atomic mass is 35.5. The zero-order valence-electron chi connectivity index (χ0n) is 22.8. The third-order valence-corrected chi connectivity index (χ3v) is 8.58. The van der Waals surface area contributed by atoms with Crippen LogP contribution in [0.2, 0.25) is 5.02 Å². The third kappa shape index (κ3) is 7.59. The maximum absolute atomic E-state index is 14.0. The van der Waals surface area contributed by atoms with Gasteiger partial charge < -0.3 is 10.2 Å². The molecule has 0 aromatic heterocycles. The summed E-state index contributed by atoms with van der Waals surface area (Å²) in [5.74, 6) is -1.23. The SMILES string of the molecule is CCNC(=O)[C@H](CC)N(Cc1ccccc1C)C(=O)CN(c1cc(C(F)(F)F)ccc1Cl)S(=O)(=O)c1ccccc1. The van der Waals surface area contributed by atoms with Gasteiger partial charge in [-0.1, -0.05) is 61.0 Å². The van der Waals surface area contributed by atoms with Crippen LogP contribution in [0.4, 0.5) is 18.9 Å². The van der Waals surface area contributed by atoms with E-state index in [2.05, 4.69) is 5.32 Å². The molecule has 7 nitrogen and oxygen atoms in total. The van der Waals surface area contributed by atoms with Gasteiger partial charge in [0.1, 0.15) is 12.6 Å². The highest BCUT2D eigenvalue weighted by Crippen LogP contribution is 2.37. The Kier molecular flexibility index (Phi) is 10.4. The first kappa shape index (κ1) is 32.0. The number of nitrogens with zero attached hydrogens (tertiary/aromatic N) is 2. The number of nitrogens with one attached hydrogen (secondary N) is 1. The van der Waals surface area contributed by atoms with Crippen LogP contribution in [0.15, 0.2) is 77.7 Å². The standard InChI is InChI=1S/C29H31ClF3N3O4S/c1-4-25(28(38)34-5-2)35(18-21-12-10-9-11-20(21)3)27(37)19-36(41(39,40)23-13-7-6-8-14-23)26-17-22(29(31,32)33)15-16-24(26)30/h6-17,25H,4-5,18-19H2,1-3H3,(H,34,38)/t25-/m0/s1. The van der Waals surface area contributed by atoms with E-state index in [0.717, 1.165) is 23.3 Å². The number of carbonyl (C=O) groups is 2. The Labute approximate surface area is 243 Å². The number of halogens is 4. The van der Waals surface area contributed by atoms with Crippen LogP contribution < -0.4 is 9.62 Å². The van der Waals surface area contributed by atoms with E-state index >= 15 is 0 Å². The molecule has 12 heteroatoms. The van der Waals surface area contributed by atoms with Crippen molar-refractivity contribution in [1.82, 2.24) is 10.2 Å². The molecule has 0 bridgehead atoms. The maximum atomic E-state index is 14.0. The average molecular weight is 610 g/mol. The Morgan fingerprint density at radius 1 is 0.976 bits per heavy atom. The molecule has 3 rings (SSSR count). The summed E-state index contributed by atoms with van der Waals surface area (Å²) in [4.78, 5) is 28.0. The number of aryl methyl sites for hydroxylation is 1. The van der Waals surface area contributed by atoms with Gasteiger partial charge in [0.2, 0.25) is 11.8 Å². The molecular weight excluding hydrogens is 579 g/mol. The molecule has 0 aliphatic rings. The first-order valence-electron chi connectivity index (χ1n) is 12.9. The summed E-state index contributed by atoms with van der Waals surface area (Å²) < 4.78 is 69.1. The molecule has 0 fully saturated rings. The van der Waals surface area contributed by atoms with E-state index in [0.29, 0.717) is 16.9 Å². The van der Waals surface area contributed by atoms with Gasteiger partial charge in [0.25, 0.3) is 10.0 Å². The molecule has 3 aromatic rings. The second-order valence-electron chi connectivity index (χ2n) is 9.26. The van der Waals surface area contributed by atoms with E-state index < -0.39 is 51.9 Å². The minimum Gasteiger partial charge on any atom is -0.355 e. The van der Waals surface area contributed by atoms with Crippen molar-refractivity contribution in [2.24, 2.45) is 0 Å². The van der Waals surface area contributed by atoms with Crippen molar-refractivity contribution in [2.75, 3.05) is 17.4 Å². The second kappa shape index (κ2) is 13.4. The fourth-order valence-corrected chi connectivity index (χ4v) is 6.01. The topological polar surface area (TPSA) is 86.8 Å². The number of amides is 2. The highest BCUT2D eigenvalue weighted by Gasteiger charge is 2.37. The molecule has 0 aliphatic heterocycles. The van der Waals surface area contributed by atoms with Crippen LogP contribution in [0.5, 0.6) is 0 Å². The van der Waals surface area contributed by atoms with Gasteiger partial charge in [-0.15, -0.1) is 0 Å². The summed E-state index contributed by atoms with van der Waals surface area (Å²) in [5.41, 5.74) is -0.0902. The molecule has 220 valence electrons. The van der Waals surface area contributed by atoms with Crippen molar-refractivity contribution >= 4 is 39.1 Å². The molecule has 2 amide bonds. The highest BCUT2D eigenvalue weighted by molar-refractivity contribution is 7.92. The van der Waals surface area contributed by atoms with E-state index in [9.17, 15) is 31.2 Å². The maximum Gasteiger partial charge on any atom is 0.416 e. The third-order valence-electron chi connectivity index (χ3n) is 6.49. The first-order valence-corrected chi connectivity index (χ1v) is 14.7. The average Bonchev–Trinajstić information content (AvgIpc) is 2.93. The quantitative estimate of drug-likeness (QED) is 0.297. The first-order chi connectivity index (χ1) is 19.3. The lowest BCUT2D eigenvalue weighted by atomic mass is 10.1. The fourth-order valence-electron chi connectivity index (χ4n) is 4.30. The number of rotatable bonds is 11. The number of anilines is 1. The largest absolute Gasteiger partial charge is 0.416 e. The van der Waals surface area contributed by atoms with Crippen molar-refractivity contribution < 1.29 is 31.2 Å². The summed E-state index contributed by atoms with van der Waals surface area (Å²) in [7, 11) is -4.58. The molecule has 1 N–H and O–H groups in total. The molecule has 0 unspecified atom stereocenters. The van der Waals surface area contributed by atoms with Gasteiger partial charge in [-0.25, -0.2) is 8.42 Å². The van der Waals surface area contributed by atoms with E-state index in [1.165, 1.54) is 29.2 Å².